The first-order valence-electron chi connectivity index (χ1n) is 10.3. The summed E-state index contributed by atoms with van der Waals surface area (Å²) in [5.74, 6) is -2.12. The molecule has 0 fully saturated rings. The monoisotopic (exact) mass is 436 g/mol. The van der Waals surface area contributed by atoms with E-state index in [0.29, 0.717) is 28.8 Å². The van der Waals surface area contributed by atoms with Gasteiger partial charge in [-0.05, 0) is 54.3 Å². The van der Waals surface area contributed by atoms with Crippen LogP contribution in [0.4, 0.5) is 9.18 Å². The smallest absolute Gasteiger partial charge is 0.410 e. The summed E-state index contributed by atoms with van der Waals surface area (Å²) < 4.78 is 19.5. The number of hydrogen-bond donors (Lipinski definition) is 1. The molecule has 1 unspecified atom stereocenters. The van der Waals surface area contributed by atoms with Gasteiger partial charge in [0.05, 0.1) is 5.92 Å². The van der Waals surface area contributed by atoms with Gasteiger partial charge in [0.25, 0.3) is 0 Å². The minimum absolute atomic E-state index is 0.135. The van der Waals surface area contributed by atoms with E-state index in [4.69, 9.17) is 4.74 Å². The fourth-order valence-electron chi connectivity index (χ4n) is 3.28. The molecule has 1 atom stereocenters. The van der Waals surface area contributed by atoms with E-state index < -0.39 is 23.8 Å². The molecule has 6 nitrogen and oxygen atoms in total. The van der Waals surface area contributed by atoms with Gasteiger partial charge in [-0.3, -0.25) is 9.78 Å². The van der Waals surface area contributed by atoms with E-state index in [-0.39, 0.29) is 13.2 Å². The summed E-state index contributed by atoms with van der Waals surface area (Å²) in [6.07, 6.45) is 2.60. The van der Waals surface area contributed by atoms with Crippen molar-refractivity contribution in [2.24, 2.45) is 0 Å². The van der Waals surface area contributed by atoms with Crippen molar-refractivity contribution in [3.8, 4) is 11.1 Å². The Kier molecular flexibility index (Phi) is 7.54. The second-order valence-corrected chi connectivity index (χ2v) is 7.42. The Morgan fingerprint density at radius 1 is 1.12 bits per heavy atom. The lowest BCUT2D eigenvalue weighted by atomic mass is 9.96. The fourth-order valence-corrected chi connectivity index (χ4v) is 3.28. The molecule has 0 aliphatic rings. The molecule has 0 aliphatic carbocycles. The van der Waals surface area contributed by atoms with Crippen molar-refractivity contribution >= 4 is 12.1 Å². The number of aromatic nitrogens is 1. The van der Waals surface area contributed by atoms with Gasteiger partial charge in [-0.1, -0.05) is 36.4 Å². The number of rotatable bonds is 8. The minimum Gasteiger partial charge on any atom is -0.481 e. The Morgan fingerprint density at radius 3 is 2.56 bits per heavy atom. The number of nitrogens with zero attached hydrogens (tertiary/aromatic N) is 2. The van der Waals surface area contributed by atoms with E-state index in [1.54, 1.807) is 25.3 Å². The second-order valence-electron chi connectivity index (χ2n) is 7.42. The van der Waals surface area contributed by atoms with Gasteiger partial charge in [0, 0.05) is 31.0 Å². The van der Waals surface area contributed by atoms with Gasteiger partial charge >= 0.3 is 12.1 Å². The van der Waals surface area contributed by atoms with E-state index >= 15 is 0 Å². The van der Waals surface area contributed by atoms with Gasteiger partial charge in [-0.15, -0.1) is 0 Å². The number of ether oxygens (including phenoxy) is 1. The van der Waals surface area contributed by atoms with Crippen LogP contribution in [0.25, 0.3) is 11.1 Å². The molecular formula is C25H25FN2O4. The number of pyridine rings is 1. The number of amides is 1. The number of carbonyl (C=O) groups is 2. The van der Waals surface area contributed by atoms with Crippen LogP contribution in [0.3, 0.4) is 0 Å². The van der Waals surface area contributed by atoms with Crippen molar-refractivity contribution < 1.29 is 23.8 Å². The first kappa shape index (κ1) is 22.9. The van der Waals surface area contributed by atoms with Crippen LogP contribution in [-0.4, -0.2) is 33.6 Å². The highest BCUT2D eigenvalue weighted by atomic mass is 19.1. The Labute approximate surface area is 186 Å². The van der Waals surface area contributed by atoms with Crippen LogP contribution >= 0.6 is 0 Å². The lowest BCUT2D eigenvalue weighted by Crippen LogP contribution is -2.31. The average molecular weight is 436 g/mol. The van der Waals surface area contributed by atoms with Gasteiger partial charge in [0.1, 0.15) is 12.4 Å². The zero-order valence-electron chi connectivity index (χ0n) is 18.0. The predicted octanol–water partition coefficient (Wildman–Crippen LogP) is 5.23. The van der Waals surface area contributed by atoms with Crippen molar-refractivity contribution in [3.05, 3.63) is 89.5 Å². The quantitative estimate of drug-likeness (QED) is 0.523. The maximum atomic E-state index is 14.1. The van der Waals surface area contributed by atoms with E-state index in [2.05, 4.69) is 4.98 Å². The molecule has 0 saturated heterocycles. The normalized spacial score (nSPS) is 11.6. The second kappa shape index (κ2) is 10.5. The van der Waals surface area contributed by atoms with Crippen molar-refractivity contribution in [1.29, 1.82) is 0 Å². The molecule has 0 aliphatic heterocycles. The third-order valence-corrected chi connectivity index (χ3v) is 5.21. The molecule has 1 amide bonds. The molecule has 32 heavy (non-hydrogen) atoms. The van der Waals surface area contributed by atoms with Crippen LogP contribution in [0.2, 0.25) is 0 Å². The zero-order valence-corrected chi connectivity index (χ0v) is 18.0. The van der Waals surface area contributed by atoms with E-state index in [1.165, 1.54) is 23.2 Å². The summed E-state index contributed by atoms with van der Waals surface area (Å²) in [7, 11) is 0. The zero-order chi connectivity index (χ0) is 23.1. The van der Waals surface area contributed by atoms with Gasteiger partial charge in [-0.25, -0.2) is 9.18 Å². The molecule has 1 heterocycles. The van der Waals surface area contributed by atoms with Crippen LogP contribution in [0.1, 0.15) is 36.5 Å². The molecule has 0 radical (unpaired) electrons. The SMILES string of the molecule is CCN(Cc1cc(F)ccc1-c1cncc(C(C)C(=O)O)c1)C(=O)OCc1ccccc1. The Bertz CT molecular complexity index is 1090. The maximum absolute atomic E-state index is 14.1. The van der Waals surface area contributed by atoms with Gasteiger partial charge < -0.3 is 14.7 Å². The maximum Gasteiger partial charge on any atom is 0.410 e. The summed E-state index contributed by atoms with van der Waals surface area (Å²) in [4.78, 5) is 29.6. The van der Waals surface area contributed by atoms with E-state index in [1.807, 2.05) is 37.3 Å². The summed E-state index contributed by atoms with van der Waals surface area (Å²) in [5, 5.41) is 9.30. The van der Waals surface area contributed by atoms with Gasteiger partial charge in [-0.2, -0.15) is 0 Å². The molecular weight excluding hydrogens is 411 g/mol. The van der Waals surface area contributed by atoms with Gasteiger partial charge in [0.15, 0.2) is 0 Å². The van der Waals surface area contributed by atoms with Crippen LogP contribution in [0.15, 0.2) is 67.0 Å². The van der Waals surface area contributed by atoms with Crippen molar-refractivity contribution in [2.45, 2.75) is 32.9 Å². The van der Waals surface area contributed by atoms with Crippen LogP contribution in [0, 0.1) is 5.82 Å². The number of aliphatic carboxylic acids is 1. The summed E-state index contributed by atoms with van der Waals surface area (Å²) in [6.45, 7) is 4.05. The first-order valence-corrected chi connectivity index (χ1v) is 10.3. The lowest BCUT2D eigenvalue weighted by Gasteiger charge is -2.22. The van der Waals surface area contributed by atoms with Crippen LogP contribution in [-0.2, 0) is 22.7 Å². The van der Waals surface area contributed by atoms with E-state index in [9.17, 15) is 19.1 Å². The van der Waals surface area contributed by atoms with Crippen LogP contribution in [0.5, 0.6) is 0 Å². The Morgan fingerprint density at radius 2 is 1.88 bits per heavy atom. The third-order valence-electron chi connectivity index (χ3n) is 5.21. The topological polar surface area (TPSA) is 79.7 Å². The average Bonchev–Trinajstić information content (AvgIpc) is 2.81. The Balaban J connectivity index is 1.83. The molecule has 0 saturated carbocycles. The largest absolute Gasteiger partial charge is 0.481 e. The van der Waals surface area contributed by atoms with Crippen molar-refractivity contribution in [2.75, 3.05) is 6.54 Å². The molecule has 166 valence electrons. The molecule has 0 spiro atoms. The molecule has 7 heteroatoms. The predicted molar refractivity (Wildman–Crippen MR) is 118 cm³/mol. The van der Waals surface area contributed by atoms with Gasteiger partial charge in [0.2, 0.25) is 0 Å². The highest BCUT2D eigenvalue weighted by Gasteiger charge is 2.19. The fraction of sp³-hybridized carbons (Fsp3) is 0.240. The molecule has 2 aromatic carbocycles. The van der Waals surface area contributed by atoms with Crippen molar-refractivity contribution in [1.82, 2.24) is 9.88 Å². The van der Waals surface area contributed by atoms with Crippen molar-refractivity contribution in [3.63, 3.8) is 0 Å². The highest BCUT2D eigenvalue weighted by molar-refractivity contribution is 5.77. The summed E-state index contributed by atoms with van der Waals surface area (Å²) >= 11 is 0. The molecule has 1 aromatic heterocycles. The standard InChI is InChI=1S/C25H25FN2O4/c1-3-28(25(31)32-16-18-7-5-4-6-8-18)15-21-12-22(26)9-10-23(21)20-11-19(13-27-14-20)17(2)24(29)30/h4-14,17H,3,15-16H2,1-2H3,(H,29,30). The molecule has 3 aromatic rings. The molecule has 1 N–H and O–H groups in total. The number of carboxylic acid groups (broad SMARTS) is 1. The minimum atomic E-state index is -0.957. The number of carboxylic acids is 1. The molecule has 0 bridgehead atoms. The number of halogens is 1. The molecule has 3 rings (SSSR count). The Hall–Kier alpha value is -3.74. The third kappa shape index (κ3) is 5.69. The number of carbonyl (C=O) groups excluding carboxylic acids is 1. The number of benzene rings is 2. The summed E-state index contributed by atoms with van der Waals surface area (Å²) in [5.41, 5.74) is 3.32. The van der Waals surface area contributed by atoms with E-state index in [0.717, 1.165) is 5.56 Å². The van der Waals surface area contributed by atoms with Crippen LogP contribution < -0.4 is 0 Å². The number of hydrogen-bond acceptors (Lipinski definition) is 4. The first-order chi connectivity index (χ1) is 15.4. The summed E-state index contributed by atoms with van der Waals surface area (Å²) in [6, 6.07) is 15.4. The lowest BCUT2D eigenvalue weighted by molar-refractivity contribution is -0.138. The highest BCUT2D eigenvalue weighted by Crippen LogP contribution is 2.28.